The van der Waals surface area contributed by atoms with Gasteiger partial charge < -0.3 is 19.7 Å². The average molecular weight is 374 g/mol. The number of carbonyl (C=O) groups is 1. The largest absolute Gasteiger partial charge is 0.497 e. The Morgan fingerprint density at radius 3 is 3.11 bits per heavy atom. The molecule has 1 aliphatic heterocycles. The van der Waals surface area contributed by atoms with E-state index in [1.165, 1.54) is 0 Å². The lowest BCUT2D eigenvalue weighted by atomic mass is 9.99. The number of aryl methyl sites for hydroxylation is 1. The monoisotopic (exact) mass is 374 g/mol. The summed E-state index contributed by atoms with van der Waals surface area (Å²) in [5.74, 6) is 2.56. The predicted molar refractivity (Wildman–Crippen MR) is 98.7 cm³/mol. The first kappa shape index (κ1) is 18.9. The number of carbonyl (C=O) groups excluding carboxylic acids is 1. The number of likely N-dealkylation sites (tertiary alicyclic amines) is 1. The second-order valence-electron chi connectivity index (χ2n) is 6.61. The van der Waals surface area contributed by atoms with E-state index in [9.17, 15) is 4.79 Å². The van der Waals surface area contributed by atoms with Crippen LogP contribution in [0.5, 0.6) is 11.5 Å². The van der Waals surface area contributed by atoms with Crippen LogP contribution in [0.4, 0.5) is 4.79 Å². The third-order valence-electron chi connectivity index (χ3n) is 4.58. The minimum Gasteiger partial charge on any atom is -0.497 e. The third kappa shape index (κ3) is 5.83. The van der Waals surface area contributed by atoms with Gasteiger partial charge in [-0.3, -0.25) is 0 Å². The van der Waals surface area contributed by atoms with Crippen molar-refractivity contribution in [2.75, 3.05) is 33.4 Å². The standard InChI is InChI=1S/C18H26N6O3/c1-26-15-6-2-7-16(11-15)27-13-14-5-4-10-24(12-14)18(25)19-9-3-8-17-20-22-23-21-17/h2,6-7,11,14H,3-5,8-10,12-13H2,1H3,(H,19,25)(H,20,21,22,23)/t14-/m0/s1. The van der Waals surface area contributed by atoms with Crippen molar-refractivity contribution in [3.8, 4) is 11.5 Å². The smallest absolute Gasteiger partial charge is 0.317 e. The SMILES string of the molecule is COc1cccc(OC[C@H]2CCCN(C(=O)NCCCc3nn[nH]n3)C2)c1. The molecule has 0 aliphatic carbocycles. The molecule has 1 aromatic carbocycles. The summed E-state index contributed by atoms with van der Waals surface area (Å²) in [6, 6.07) is 7.56. The van der Waals surface area contributed by atoms with Gasteiger partial charge in [-0.25, -0.2) is 4.79 Å². The van der Waals surface area contributed by atoms with Crippen molar-refractivity contribution < 1.29 is 14.3 Å². The minimum atomic E-state index is -0.0193. The van der Waals surface area contributed by atoms with Crippen molar-refractivity contribution in [1.82, 2.24) is 30.8 Å². The Morgan fingerprint density at radius 2 is 2.30 bits per heavy atom. The molecule has 3 rings (SSSR count). The Bertz CT molecular complexity index is 709. The van der Waals surface area contributed by atoms with Crippen molar-refractivity contribution >= 4 is 6.03 Å². The lowest BCUT2D eigenvalue weighted by molar-refractivity contribution is 0.137. The lowest BCUT2D eigenvalue weighted by Gasteiger charge is -2.32. The molecule has 2 aromatic rings. The molecule has 9 nitrogen and oxygen atoms in total. The van der Waals surface area contributed by atoms with Gasteiger partial charge in [-0.05, 0) is 31.4 Å². The van der Waals surface area contributed by atoms with Crippen LogP contribution in [0.15, 0.2) is 24.3 Å². The number of piperidine rings is 1. The zero-order valence-corrected chi connectivity index (χ0v) is 15.6. The number of benzene rings is 1. The highest BCUT2D eigenvalue weighted by Gasteiger charge is 2.24. The number of H-pyrrole nitrogens is 1. The summed E-state index contributed by atoms with van der Waals surface area (Å²) < 4.78 is 11.1. The van der Waals surface area contributed by atoms with E-state index in [0.29, 0.717) is 37.9 Å². The number of amides is 2. The van der Waals surface area contributed by atoms with Crippen molar-refractivity contribution in [2.45, 2.75) is 25.7 Å². The molecule has 1 atom stereocenters. The van der Waals surface area contributed by atoms with Gasteiger partial charge in [-0.2, -0.15) is 5.21 Å². The second-order valence-corrected chi connectivity index (χ2v) is 6.61. The molecule has 2 N–H and O–H groups in total. The molecule has 9 heteroatoms. The van der Waals surface area contributed by atoms with Crippen molar-refractivity contribution in [3.63, 3.8) is 0 Å². The van der Waals surface area contributed by atoms with Crippen LogP contribution in [0.3, 0.4) is 0 Å². The molecule has 1 fully saturated rings. The number of methoxy groups -OCH3 is 1. The van der Waals surface area contributed by atoms with Gasteiger partial charge in [0.05, 0.1) is 13.7 Å². The van der Waals surface area contributed by atoms with Crippen LogP contribution in [0.1, 0.15) is 25.1 Å². The predicted octanol–water partition coefficient (Wildman–Crippen LogP) is 1.64. The number of hydrogen-bond donors (Lipinski definition) is 2. The number of rotatable bonds is 8. The van der Waals surface area contributed by atoms with E-state index in [-0.39, 0.29) is 6.03 Å². The fourth-order valence-corrected chi connectivity index (χ4v) is 3.13. The van der Waals surface area contributed by atoms with Gasteiger partial charge in [0.2, 0.25) is 0 Å². The zero-order chi connectivity index (χ0) is 18.9. The van der Waals surface area contributed by atoms with Gasteiger partial charge in [-0.15, -0.1) is 10.2 Å². The fraction of sp³-hybridized carbons (Fsp3) is 0.556. The molecule has 0 bridgehead atoms. The molecule has 1 saturated heterocycles. The Labute approximate surface area is 158 Å². The Morgan fingerprint density at radius 1 is 1.41 bits per heavy atom. The molecule has 2 amide bonds. The normalized spacial score (nSPS) is 16.8. The number of ether oxygens (including phenoxy) is 2. The van der Waals surface area contributed by atoms with Crippen LogP contribution >= 0.6 is 0 Å². The van der Waals surface area contributed by atoms with Crippen LogP contribution in [0, 0.1) is 5.92 Å². The van der Waals surface area contributed by atoms with Gasteiger partial charge in [0.25, 0.3) is 0 Å². The van der Waals surface area contributed by atoms with Crippen LogP contribution < -0.4 is 14.8 Å². The summed E-state index contributed by atoms with van der Waals surface area (Å²) in [6.07, 6.45) is 3.52. The van der Waals surface area contributed by atoms with Crippen LogP contribution in [-0.2, 0) is 6.42 Å². The van der Waals surface area contributed by atoms with E-state index in [1.54, 1.807) is 7.11 Å². The first-order chi connectivity index (χ1) is 13.2. The van der Waals surface area contributed by atoms with E-state index in [1.807, 2.05) is 29.2 Å². The van der Waals surface area contributed by atoms with Crippen LogP contribution in [0.2, 0.25) is 0 Å². The summed E-state index contributed by atoms with van der Waals surface area (Å²) in [6.45, 7) is 2.68. The van der Waals surface area contributed by atoms with Gasteiger partial charge in [-0.1, -0.05) is 11.3 Å². The Balaban J connectivity index is 1.38. The lowest BCUT2D eigenvalue weighted by Crippen LogP contribution is -2.46. The summed E-state index contributed by atoms with van der Waals surface area (Å²) in [7, 11) is 1.64. The van der Waals surface area contributed by atoms with Crippen molar-refractivity contribution in [3.05, 3.63) is 30.1 Å². The van der Waals surface area contributed by atoms with Crippen LogP contribution in [-0.4, -0.2) is 64.9 Å². The Hall–Kier alpha value is -2.84. The highest BCUT2D eigenvalue weighted by atomic mass is 16.5. The first-order valence-corrected chi connectivity index (χ1v) is 9.26. The number of nitrogens with zero attached hydrogens (tertiary/aromatic N) is 4. The molecule has 1 aromatic heterocycles. The molecule has 0 saturated carbocycles. The maximum absolute atomic E-state index is 12.4. The minimum absolute atomic E-state index is 0.0193. The molecular formula is C18H26N6O3. The number of nitrogens with one attached hydrogen (secondary N) is 2. The maximum atomic E-state index is 12.4. The highest BCUT2D eigenvalue weighted by molar-refractivity contribution is 5.74. The summed E-state index contributed by atoms with van der Waals surface area (Å²) >= 11 is 0. The Kier molecular flexibility index (Phi) is 6.84. The van der Waals surface area contributed by atoms with E-state index in [4.69, 9.17) is 9.47 Å². The number of aromatic amines is 1. The average Bonchev–Trinajstić information content (AvgIpc) is 3.23. The fourth-order valence-electron chi connectivity index (χ4n) is 3.13. The topological polar surface area (TPSA) is 105 Å². The van der Waals surface area contributed by atoms with Gasteiger partial charge in [0.15, 0.2) is 5.82 Å². The van der Waals surface area contributed by atoms with E-state index >= 15 is 0 Å². The second kappa shape index (κ2) is 9.75. The van der Waals surface area contributed by atoms with Crippen molar-refractivity contribution in [1.29, 1.82) is 0 Å². The van der Waals surface area contributed by atoms with E-state index in [0.717, 1.165) is 37.3 Å². The molecule has 1 aliphatic rings. The number of hydrogen-bond acceptors (Lipinski definition) is 6. The molecule has 2 heterocycles. The molecule has 27 heavy (non-hydrogen) atoms. The molecule has 0 radical (unpaired) electrons. The molecule has 0 spiro atoms. The summed E-state index contributed by atoms with van der Waals surface area (Å²) in [4.78, 5) is 14.2. The maximum Gasteiger partial charge on any atom is 0.317 e. The van der Waals surface area contributed by atoms with Crippen LogP contribution in [0.25, 0.3) is 0 Å². The third-order valence-corrected chi connectivity index (χ3v) is 4.58. The molecular weight excluding hydrogens is 348 g/mol. The van der Waals surface area contributed by atoms with Crippen molar-refractivity contribution in [2.24, 2.45) is 5.92 Å². The first-order valence-electron chi connectivity index (χ1n) is 9.26. The quantitative estimate of drug-likeness (QED) is 0.681. The summed E-state index contributed by atoms with van der Waals surface area (Å²) in [5, 5.41) is 16.7. The number of tetrazole rings is 1. The zero-order valence-electron chi connectivity index (χ0n) is 15.6. The van der Waals surface area contributed by atoms with Gasteiger partial charge in [0.1, 0.15) is 11.5 Å². The molecule has 146 valence electrons. The van der Waals surface area contributed by atoms with E-state index in [2.05, 4.69) is 25.9 Å². The highest BCUT2D eigenvalue weighted by Crippen LogP contribution is 2.22. The molecule has 0 unspecified atom stereocenters. The van der Waals surface area contributed by atoms with Gasteiger partial charge >= 0.3 is 6.03 Å². The van der Waals surface area contributed by atoms with Gasteiger partial charge in [0, 0.05) is 38.0 Å². The van der Waals surface area contributed by atoms with E-state index < -0.39 is 0 Å². The summed E-state index contributed by atoms with van der Waals surface area (Å²) in [5.41, 5.74) is 0. The number of aromatic nitrogens is 4. The number of urea groups is 1.